The van der Waals surface area contributed by atoms with E-state index in [4.69, 9.17) is 0 Å². The maximum absolute atomic E-state index is 15.8. The lowest BCUT2D eigenvalue weighted by molar-refractivity contribution is -0.136. The molecule has 4 atom stereocenters. The van der Waals surface area contributed by atoms with E-state index >= 15 is 8.78 Å². The van der Waals surface area contributed by atoms with Gasteiger partial charge in [0.15, 0.2) is 5.82 Å². The van der Waals surface area contributed by atoms with Gasteiger partial charge in [-0.1, -0.05) is 24.3 Å². The van der Waals surface area contributed by atoms with Gasteiger partial charge >= 0.3 is 10.2 Å². The number of piperidine rings is 3. The third kappa shape index (κ3) is 8.70. The predicted molar refractivity (Wildman–Crippen MR) is 245 cm³/mol. The van der Waals surface area contributed by atoms with Gasteiger partial charge in [0.25, 0.3) is 5.91 Å². The molecule has 0 unspecified atom stereocenters. The average Bonchev–Trinajstić information content (AvgIpc) is 4.04. The molecule has 5 aromatic rings. The van der Waals surface area contributed by atoms with E-state index in [1.165, 1.54) is 11.8 Å². The average molecular weight is 937 g/mol. The van der Waals surface area contributed by atoms with Gasteiger partial charge in [-0.15, -0.1) is 0 Å². The van der Waals surface area contributed by atoms with E-state index in [2.05, 4.69) is 56.3 Å². The van der Waals surface area contributed by atoms with Gasteiger partial charge < -0.3 is 19.7 Å². The number of carbonyl (C=O) groups is 4. The number of amides is 3. The molecule has 4 saturated heterocycles. The minimum Gasteiger partial charge on any atom is -0.369 e. The van der Waals surface area contributed by atoms with Crippen molar-refractivity contribution in [3.8, 4) is 11.1 Å². The largest absolute Gasteiger partial charge is 0.369 e. The summed E-state index contributed by atoms with van der Waals surface area (Å²) in [4.78, 5) is 65.1. The number of aromatic nitrogens is 2. The third-order valence-corrected chi connectivity index (χ3v) is 15.9. The normalized spacial score (nSPS) is 23.3. The van der Waals surface area contributed by atoms with Crippen LogP contribution in [0, 0.1) is 17.6 Å². The fourth-order valence-electron chi connectivity index (χ4n) is 10.8. The SMILES string of the molecule is C[C@H]1C[C@@H](CN2CCC(c3ccc4c(c3)CN([C@H]3CCC(=O)NC3=O)C4=O)CC2)CCN1c1ccc(-c2cnc3[nH]cc(C(=O)c4c(F)ccc(NS(=O)(=O)N5CC[C@@H](F)C5)c4F)c3c2)cc1. The summed E-state index contributed by atoms with van der Waals surface area (Å²) in [6, 6.07) is 17.4. The van der Waals surface area contributed by atoms with Gasteiger partial charge in [-0.2, -0.15) is 12.7 Å². The molecule has 5 aliphatic rings. The molecule has 14 nitrogen and oxygen atoms in total. The van der Waals surface area contributed by atoms with Crippen LogP contribution in [0.15, 0.2) is 73.1 Å². The van der Waals surface area contributed by atoms with Crippen molar-refractivity contribution in [3.63, 3.8) is 0 Å². The van der Waals surface area contributed by atoms with Crippen molar-refractivity contribution in [1.29, 1.82) is 0 Å². The Bertz CT molecular complexity index is 2910. The van der Waals surface area contributed by atoms with Crippen molar-refractivity contribution in [1.82, 2.24) is 29.4 Å². The Morgan fingerprint density at radius 1 is 0.896 bits per heavy atom. The molecule has 7 heterocycles. The lowest BCUT2D eigenvalue weighted by Crippen LogP contribution is -2.52. The molecule has 4 fully saturated rings. The quantitative estimate of drug-likeness (QED) is 0.0967. The van der Waals surface area contributed by atoms with Crippen LogP contribution in [0.4, 0.5) is 24.5 Å². The summed E-state index contributed by atoms with van der Waals surface area (Å²) in [7, 11) is -4.36. The number of nitrogens with one attached hydrogen (secondary N) is 3. The Morgan fingerprint density at radius 3 is 2.42 bits per heavy atom. The van der Waals surface area contributed by atoms with E-state index < -0.39 is 57.0 Å². The van der Waals surface area contributed by atoms with Crippen molar-refractivity contribution in [3.05, 3.63) is 113 Å². The minimum absolute atomic E-state index is 0.00388. The second-order valence-electron chi connectivity index (χ2n) is 18.7. The van der Waals surface area contributed by atoms with Crippen LogP contribution in [0.5, 0.6) is 0 Å². The number of ketones is 1. The summed E-state index contributed by atoms with van der Waals surface area (Å²) in [6.07, 6.45) is 6.41. The topological polar surface area (TPSA) is 168 Å². The highest BCUT2D eigenvalue weighted by Crippen LogP contribution is 2.37. The molecule has 18 heteroatoms. The zero-order chi connectivity index (χ0) is 46.7. The van der Waals surface area contributed by atoms with Crippen LogP contribution in [-0.4, -0.2) is 114 Å². The summed E-state index contributed by atoms with van der Waals surface area (Å²) in [6.45, 7) is 6.14. The van der Waals surface area contributed by atoms with Crippen LogP contribution in [0.1, 0.15) is 95.2 Å². The Kier molecular flexibility index (Phi) is 11.9. The van der Waals surface area contributed by atoms with E-state index in [-0.39, 0.29) is 43.3 Å². The van der Waals surface area contributed by atoms with Crippen LogP contribution in [-0.2, 0) is 26.3 Å². The van der Waals surface area contributed by atoms with Crippen molar-refractivity contribution in [2.75, 3.05) is 48.9 Å². The zero-order valence-corrected chi connectivity index (χ0v) is 37.8. The number of aromatic amines is 1. The number of hydrogen-bond acceptors (Lipinski definition) is 9. The van der Waals surface area contributed by atoms with E-state index in [0.717, 1.165) is 85.1 Å². The van der Waals surface area contributed by atoms with Crippen molar-refractivity contribution >= 4 is 56.1 Å². The molecule has 2 aromatic heterocycles. The highest BCUT2D eigenvalue weighted by Gasteiger charge is 2.40. The molecule has 0 spiro atoms. The second-order valence-corrected chi connectivity index (χ2v) is 20.3. The number of hydrogen-bond donors (Lipinski definition) is 3. The monoisotopic (exact) mass is 936 g/mol. The third-order valence-electron chi connectivity index (χ3n) is 14.4. The number of nitrogens with zero attached hydrogens (tertiary/aromatic N) is 5. The van der Waals surface area contributed by atoms with E-state index in [0.29, 0.717) is 53.0 Å². The minimum atomic E-state index is -4.36. The van der Waals surface area contributed by atoms with E-state index in [1.54, 1.807) is 17.2 Å². The first-order valence-electron chi connectivity index (χ1n) is 23.0. The van der Waals surface area contributed by atoms with Gasteiger partial charge in [0.05, 0.1) is 11.3 Å². The number of imide groups is 1. The van der Waals surface area contributed by atoms with Crippen LogP contribution < -0.4 is 14.9 Å². The number of alkyl halides is 1. The van der Waals surface area contributed by atoms with Crippen LogP contribution in [0.25, 0.3) is 22.2 Å². The Hall–Kier alpha value is -6.11. The molecule has 5 aliphatic heterocycles. The maximum atomic E-state index is 15.8. The fraction of sp³-hybridized carbons (Fsp3) is 0.408. The van der Waals surface area contributed by atoms with Gasteiger partial charge in [0.2, 0.25) is 17.6 Å². The molecule has 3 N–H and O–H groups in total. The molecular weight excluding hydrogens is 886 g/mol. The van der Waals surface area contributed by atoms with Crippen molar-refractivity contribution in [2.24, 2.45) is 5.92 Å². The maximum Gasteiger partial charge on any atom is 0.301 e. The van der Waals surface area contributed by atoms with Gasteiger partial charge in [-0.3, -0.25) is 29.2 Å². The number of anilines is 2. The summed E-state index contributed by atoms with van der Waals surface area (Å²) in [5.74, 6) is -3.42. The van der Waals surface area contributed by atoms with Crippen molar-refractivity contribution in [2.45, 2.75) is 82.6 Å². The number of pyridine rings is 1. The van der Waals surface area contributed by atoms with Gasteiger partial charge in [0.1, 0.15) is 23.7 Å². The molecule has 3 amide bonds. The summed E-state index contributed by atoms with van der Waals surface area (Å²) >= 11 is 0. The molecule has 0 saturated carbocycles. The molecule has 0 aliphatic carbocycles. The van der Waals surface area contributed by atoms with E-state index in [9.17, 15) is 32.0 Å². The lowest BCUT2D eigenvalue weighted by atomic mass is 9.86. The number of rotatable bonds is 11. The number of halogens is 3. The number of likely N-dealkylation sites (tertiary alicyclic amines) is 1. The Balaban J connectivity index is 0.742. The molecule has 350 valence electrons. The summed E-state index contributed by atoms with van der Waals surface area (Å²) < 4.78 is 73.2. The second kappa shape index (κ2) is 17.8. The predicted octanol–water partition coefficient (Wildman–Crippen LogP) is 6.69. The highest BCUT2D eigenvalue weighted by atomic mass is 32.2. The molecular formula is C49H51F3N8O6S. The number of carbonyl (C=O) groups excluding carboxylic acids is 4. The first kappa shape index (κ1) is 44.7. The first-order chi connectivity index (χ1) is 32.2. The van der Waals surface area contributed by atoms with Crippen LogP contribution >= 0.6 is 0 Å². The Labute approximate surface area is 386 Å². The standard InChI is InChI=1S/C49H51F3N8O6S/c1-28-20-29(25-57-16-13-31(14-17-57)32-4-7-37-34(21-32)26-60(49(37)64)42-10-11-43(61)55-48(42)63)12-19-59(28)36-5-2-30(3-6-36)33-22-38-39(24-54-47(38)53-23-33)46(62)44-40(51)8-9-41(45(44)52)56-67(65,66)58-18-15-35(50)27-58/h2-9,21-24,28-29,31,35,42,56H,10-20,25-27H2,1H3,(H,53,54)(H,55,61,63)/t28-,29-,35+,42-/m0/s1. The molecule has 0 radical (unpaired) electrons. The highest BCUT2D eigenvalue weighted by molar-refractivity contribution is 7.90. The number of fused-ring (bicyclic) bond motifs is 2. The molecule has 3 aromatic carbocycles. The van der Waals surface area contributed by atoms with Crippen LogP contribution in [0.2, 0.25) is 0 Å². The van der Waals surface area contributed by atoms with Crippen molar-refractivity contribution < 1.29 is 40.8 Å². The zero-order valence-electron chi connectivity index (χ0n) is 36.9. The lowest BCUT2D eigenvalue weighted by Gasteiger charge is -2.42. The first-order valence-corrected chi connectivity index (χ1v) is 24.4. The molecule has 67 heavy (non-hydrogen) atoms. The van der Waals surface area contributed by atoms with Gasteiger partial charge in [-0.05, 0) is 123 Å². The summed E-state index contributed by atoms with van der Waals surface area (Å²) in [5.41, 5.74) is 4.17. The number of H-pyrrole nitrogens is 1. The Morgan fingerprint density at radius 2 is 1.69 bits per heavy atom. The fourth-order valence-corrected chi connectivity index (χ4v) is 12.0. The van der Waals surface area contributed by atoms with E-state index in [1.807, 2.05) is 22.9 Å². The van der Waals surface area contributed by atoms with Gasteiger partial charge in [0, 0.05) is 85.3 Å². The summed E-state index contributed by atoms with van der Waals surface area (Å²) in [5, 5.41) is 2.71. The van der Waals surface area contributed by atoms with Gasteiger partial charge in [-0.25, -0.2) is 18.2 Å². The number of benzene rings is 3. The molecule has 10 rings (SSSR count). The molecule has 0 bridgehead atoms. The van der Waals surface area contributed by atoms with Crippen LogP contribution in [0.3, 0.4) is 0 Å². The smallest absolute Gasteiger partial charge is 0.301 e.